The molecule has 23 heavy (non-hydrogen) atoms. The van der Waals surface area contributed by atoms with Gasteiger partial charge in [0.15, 0.2) is 6.61 Å². The monoisotopic (exact) mass is 327 g/mol. The maximum absolute atomic E-state index is 11.9. The second-order valence-electron chi connectivity index (χ2n) is 4.93. The topological polar surface area (TPSA) is 81.2 Å². The Bertz CT molecular complexity index is 858. The first-order valence-corrected chi connectivity index (χ1v) is 7.61. The van der Waals surface area contributed by atoms with Crippen LogP contribution in [-0.2, 0) is 9.53 Å². The van der Waals surface area contributed by atoms with E-state index in [0.717, 1.165) is 17.3 Å². The molecule has 2 aromatic carbocycles. The average Bonchev–Trinajstić information content (AvgIpc) is 3.03. The molecule has 3 aromatic rings. The van der Waals surface area contributed by atoms with Crippen LogP contribution >= 0.6 is 11.7 Å². The number of rotatable bonds is 4. The van der Waals surface area contributed by atoms with Crippen molar-refractivity contribution in [3.63, 3.8) is 0 Å². The summed E-state index contributed by atoms with van der Waals surface area (Å²) < 4.78 is 13.2. The predicted octanol–water partition coefficient (Wildman–Crippen LogP) is 2.80. The molecule has 1 N–H and O–H groups in total. The lowest BCUT2D eigenvalue weighted by Crippen LogP contribution is -2.21. The van der Waals surface area contributed by atoms with Crippen LogP contribution in [0, 0.1) is 6.92 Å². The Morgan fingerprint density at radius 1 is 1.13 bits per heavy atom. The molecule has 7 heteroatoms. The standard InChI is InChI=1S/C16H13N3O3S/c1-10-5-7-11(8-6-10)16(21)22-9-14(20)17-12-3-2-4-13-15(12)19-23-18-13/h2-8H,9H2,1H3,(H,17,20). The molecule has 6 nitrogen and oxygen atoms in total. The summed E-state index contributed by atoms with van der Waals surface area (Å²) in [5, 5.41) is 2.67. The van der Waals surface area contributed by atoms with Gasteiger partial charge in [-0.3, -0.25) is 4.79 Å². The molecule has 1 amide bonds. The van der Waals surface area contributed by atoms with Gasteiger partial charge in [-0.25, -0.2) is 4.79 Å². The fourth-order valence-corrected chi connectivity index (χ4v) is 2.55. The minimum Gasteiger partial charge on any atom is -0.452 e. The van der Waals surface area contributed by atoms with Gasteiger partial charge in [0.1, 0.15) is 11.0 Å². The number of esters is 1. The predicted molar refractivity (Wildman–Crippen MR) is 87.5 cm³/mol. The summed E-state index contributed by atoms with van der Waals surface area (Å²) in [6.07, 6.45) is 0. The number of benzene rings is 2. The molecule has 1 heterocycles. The third-order valence-corrected chi connectivity index (χ3v) is 3.72. The van der Waals surface area contributed by atoms with Crippen molar-refractivity contribution >= 4 is 40.3 Å². The van der Waals surface area contributed by atoms with Crippen LogP contribution in [0.1, 0.15) is 15.9 Å². The number of hydrogen-bond acceptors (Lipinski definition) is 6. The quantitative estimate of drug-likeness (QED) is 0.745. The molecular weight excluding hydrogens is 314 g/mol. The molecule has 0 saturated heterocycles. The zero-order chi connectivity index (χ0) is 16.2. The molecule has 116 valence electrons. The van der Waals surface area contributed by atoms with Crippen molar-refractivity contribution in [2.45, 2.75) is 6.92 Å². The second-order valence-corrected chi connectivity index (χ2v) is 5.46. The van der Waals surface area contributed by atoms with Crippen LogP contribution in [0.4, 0.5) is 5.69 Å². The lowest BCUT2D eigenvalue weighted by atomic mass is 10.1. The maximum atomic E-state index is 11.9. The van der Waals surface area contributed by atoms with E-state index in [9.17, 15) is 9.59 Å². The summed E-state index contributed by atoms with van der Waals surface area (Å²) in [4.78, 5) is 23.8. The van der Waals surface area contributed by atoms with E-state index in [4.69, 9.17) is 4.74 Å². The van der Waals surface area contributed by atoms with Crippen molar-refractivity contribution in [1.82, 2.24) is 8.75 Å². The van der Waals surface area contributed by atoms with E-state index in [1.54, 1.807) is 24.3 Å². The van der Waals surface area contributed by atoms with E-state index in [0.29, 0.717) is 22.3 Å². The number of anilines is 1. The van der Waals surface area contributed by atoms with E-state index >= 15 is 0 Å². The number of ether oxygens (including phenoxy) is 1. The molecule has 0 aliphatic carbocycles. The molecule has 0 spiro atoms. The van der Waals surface area contributed by atoms with Gasteiger partial charge < -0.3 is 10.1 Å². The van der Waals surface area contributed by atoms with E-state index in [1.165, 1.54) is 0 Å². The fraction of sp³-hybridized carbons (Fsp3) is 0.125. The van der Waals surface area contributed by atoms with Gasteiger partial charge >= 0.3 is 5.97 Å². The van der Waals surface area contributed by atoms with Crippen molar-refractivity contribution in [2.24, 2.45) is 0 Å². The lowest BCUT2D eigenvalue weighted by Gasteiger charge is -2.07. The van der Waals surface area contributed by atoms with Gasteiger partial charge in [-0.05, 0) is 31.2 Å². The molecular formula is C16H13N3O3S. The molecule has 0 saturated carbocycles. The Morgan fingerprint density at radius 2 is 1.91 bits per heavy atom. The summed E-state index contributed by atoms with van der Waals surface area (Å²) >= 11 is 1.07. The minimum absolute atomic E-state index is 0.360. The summed E-state index contributed by atoms with van der Waals surface area (Å²) in [5.41, 5.74) is 3.34. The summed E-state index contributed by atoms with van der Waals surface area (Å²) in [7, 11) is 0. The normalized spacial score (nSPS) is 10.5. The van der Waals surface area contributed by atoms with Crippen molar-refractivity contribution in [2.75, 3.05) is 11.9 Å². The average molecular weight is 327 g/mol. The summed E-state index contributed by atoms with van der Waals surface area (Å²) in [6.45, 7) is 1.57. The molecule has 0 aliphatic heterocycles. The van der Waals surface area contributed by atoms with E-state index < -0.39 is 11.9 Å². The number of aromatic nitrogens is 2. The highest BCUT2D eigenvalue weighted by molar-refractivity contribution is 7.00. The van der Waals surface area contributed by atoms with Gasteiger partial charge in [0.2, 0.25) is 0 Å². The van der Waals surface area contributed by atoms with Gasteiger partial charge in [-0.15, -0.1) is 0 Å². The molecule has 0 atom stereocenters. The number of aryl methyl sites for hydroxylation is 1. The molecule has 0 radical (unpaired) electrons. The van der Waals surface area contributed by atoms with Gasteiger partial charge in [0, 0.05) is 0 Å². The van der Waals surface area contributed by atoms with Crippen LogP contribution in [0.2, 0.25) is 0 Å². The zero-order valence-electron chi connectivity index (χ0n) is 12.3. The summed E-state index contributed by atoms with van der Waals surface area (Å²) in [6, 6.07) is 12.3. The highest BCUT2D eigenvalue weighted by Gasteiger charge is 2.12. The van der Waals surface area contributed by atoms with Crippen LogP contribution in [0.5, 0.6) is 0 Å². The number of nitrogens with one attached hydrogen (secondary N) is 1. The van der Waals surface area contributed by atoms with Crippen LogP contribution in [0.15, 0.2) is 42.5 Å². The van der Waals surface area contributed by atoms with E-state index in [1.807, 2.05) is 25.1 Å². The highest BCUT2D eigenvalue weighted by Crippen LogP contribution is 2.20. The number of nitrogens with zero attached hydrogens (tertiary/aromatic N) is 2. The van der Waals surface area contributed by atoms with E-state index in [-0.39, 0.29) is 6.61 Å². The van der Waals surface area contributed by atoms with Crippen LogP contribution < -0.4 is 5.32 Å². The summed E-state index contributed by atoms with van der Waals surface area (Å²) in [5.74, 6) is -0.959. The van der Waals surface area contributed by atoms with Crippen LogP contribution in [-0.4, -0.2) is 27.2 Å². The first kappa shape index (κ1) is 15.1. The zero-order valence-corrected chi connectivity index (χ0v) is 13.1. The molecule has 0 fully saturated rings. The Balaban J connectivity index is 1.60. The Hall–Kier alpha value is -2.80. The molecule has 0 unspecified atom stereocenters. The van der Waals surface area contributed by atoms with Crippen LogP contribution in [0.25, 0.3) is 11.0 Å². The van der Waals surface area contributed by atoms with Gasteiger partial charge in [0.25, 0.3) is 5.91 Å². The SMILES string of the molecule is Cc1ccc(C(=O)OCC(=O)Nc2cccc3nsnc23)cc1. The molecule has 0 aliphatic rings. The van der Waals surface area contributed by atoms with Crippen molar-refractivity contribution in [1.29, 1.82) is 0 Å². The second kappa shape index (κ2) is 6.53. The molecule has 1 aromatic heterocycles. The number of hydrogen-bond donors (Lipinski definition) is 1. The van der Waals surface area contributed by atoms with Crippen molar-refractivity contribution in [3.05, 3.63) is 53.6 Å². The number of carbonyl (C=O) groups is 2. The first-order chi connectivity index (χ1) is 11.1. The van der Waals surface area contributed by atoms with Crippen molar-refractivity contribution < 1.29 is 14.3 Å². The first-order valence-electron chi connectivity index (χ1n) is 6.88. The molecule has 0 bridgehead atoms. The van der Waals surface area contributed by atoms with Gasteiger partial charge in [0.05, 0.1) is 23.0 Å². The third-order valence-electron chi connectivity index (χ3n) is 3.18. The lowest BCUT2D eigenvalue weighted by molar-refractivity contribution is -0.119. The smallest absolute Gasteiger partial charge is 0.338 e. The van der Waals surface area contributed by atoms with Gasteiger partial charge in [-0.1, -0.05) is 23.8 Å². The van der Waals surface area contributed by atoms with E-state index in [2.05, 4.69) is 14.1 Å². The number of carbonyl (C=O) groups excluding carboxylic acids is 2. The minimum atomic E-state index is -0.534. The molecule has 3 rings (SSSR count). The van der Waals surface area contributed by atoms with Crippen molar-refractivity contribution in [3.8, 4) is 0 Å². The maximum Gasteiger partial charge on any atom is 0.338 e. The number of amides is 1. The number of fused-ring (bicyclic) bond motifs is 1. The third kappa shape index (κ3) is 3.51. The highest BCUT2D eigenvalue weighted by atomic mass is 32.1. The Morgan fingerprint density at radius 3 is 2.70 bits per heavy atom. The largest absolute Gasteiger partial charge is 0.452 e. The fourth-order valence-electron chi connectivity index (χ4n) is 2.00. The Kier molecular flexibility index (Phi) is 4.29. The Labute approximate surface area is 136 Å². The van der Waals surface area contributed by atoms with Crippen LogP contribution in [0.3, 0.4) is 0 Å². The van der Waals surface area contributed by atoms with Gasteiger partial charge in [-0.2, -0.15) is 8.75 Å².